The normalized spacial score (nSPS) is 16.1. The van der Waals surface area contributed by atoms with Crippen LogP contribution in [0, 0.1) is 0 Å². The molecular weight excluding hydrogens is 384 g/mol. The topological polar surface area (TPSA) is 76.9 Å². The lowest BCUT2D eigenvalue weighted by atomic mass is 10.1. The highest BCUT2D eigenvalue weighted by Crippen LogP contribution is 2.27. The number of fused-ring (bicyclic) bond motifs is 2. The summed E-state index contributed by atoms with van der Waals surface area (Å²) in [5, 5.41) is 8.71. The fourth-order valence-electron chi connectivity index (χ4n) is 4.32. The number of sulfonamides is 1. The molecule has 0 spiro atoms. The maximum atomic E-state index is 12.8. The first kappa shape index (κ1) is 18.4. The molecule has 0 saturated carbocycles. The van der Waals surface area contributed by atoms with E-state index < -0.39 is 10.0 Å². The van der Waals surface area contributed by atoms with Crippen LogP contribution in [-0.4, -0.2) is 23.2 Å². The Hall–Kier alpha value is -2.67. The van der Waals surface area contributed by atoms with Gasteiger partial charge in [-0.3, -0.25) is 4.72 Å². The fourth-order valence-corrected chi connectivity index (χ4v) is 5.42. The summed E-state index contributed by atoms with van der Waals surface area (Å²) < 4.78 is 30.5. The quantitative estimate of drug-likeness (QED) is 0.709. The van der Waals surface area contributed by atoms with Crippen LogP contribution in [0.1, 0.15) is 42.6 Å². The number of rotatable bonds is 4. The molecule has 0 atom stereocenters. The van der Waals surface area contributed by atoms with Crippen LogP contribution in [0.3, 0.4) is 0 Å². The van der Waals surface area contributed by atoms with Crippen molar-refractivity contribution in [3.63, 3.8) is 0 Å². The molecule has 1 aliphatic heterocycles. The lowest BCUT2D eigenvalue weighted by Crippen LogP contribution is -2.13. The number of hydrogen-bond donors (Lipinski definition) is 1. The van der Waals surface area contributed by atoms with E-state index in [9.17, 15) is 8.42 Å². The molecule has 6 nitrogen and oxygen atoms in total. The SMILES string of the molecule is O=S(=O)(Nc1ccc(-c2nnc3n2CCCCC3)cc1)c1ccc2c(c1)CCC2. The van der Waals surface area contributed by atoms with E-state index >= 15 is 0 Å². The molecule has 0 unspecified atom stereocenters. The summed E-state index contributed by atoms with van der Waals surface area (Å²) >= 11 is 0. The number of benzene rings is 2. The summed E-state index contributed by atoms with van der Waals surface area (Å²) in [6.07, 6.45) is 7.56. The third-order valence-corrected chi connectivity index (χ3v) is 7.26. The summed E-state index contributed by atoms with van der Waals surface area (Å²) in [7, 11) is -3.60. The van der Waals surface area contributed by atoms with E-state index in [0.29, 0.717) is 10.6 Å². The number of nitrogens with zero attached hydrogens (tertiary/aromatic N) is 3. The molecule has 5 rings (SSSR count). The zero-order valence-corrected chi connectivity index (χ0v) is 17.1. The Labute approximate surface area is 171 Å². The summed E-state index contributed by atoms with van der Waals surface area (Å²) in [6.45, 7) is 0.935. The number of hydrogen-bond acceptors (Lipinski definition) is 4. The zero-order valence-electron chi connectivity index (χ0n) is 16.3. The van der Waals surface area contributed by atoms with E-state index in [4.69, 9.17) is 0 Å². The van der Waals surface area contributed by atoms with E-state index in [1.807, 2.05) is 24.3 Å². The minimum Gasteiger partial charge on any atom is -0.311 e. The van der Waals surface area contributed by atoms with Crippen LogP contribution < -0.4 is 4.72 Å². The van der Waals surface area contributed by atoms with E-state index in [-0.39, 0.29) is 0 Å². The third-order valence-electron chi connectivity index (χ3n) is 5.89. The number of nitrogens with one attached hydrogen (secondary N) is 1. The molecule has 0 bridgehead atoms. The van der Waals surface area contributed by atoms with Crippen LogP contribution in [-0.2, 0) is 35.8 Å². The highest BCUT2D eigenvalue weighted by Gasteiger charge is 2.19. The van der Waals surface area contributed by atoms with Crippen molar-refractivity contribution in [2.45, 2.75) is 56.4 Å². The van der Waals surface area contributed by atoms with Gasteiger partial charge in [0.25, 0.3) is 10.0 Å². The number of aryl methyl sites for hydroxylation is 3. The molecule has 1 N–H and O–H groups in total. The Bertz CT molecular complexity index is 1150. The van der Waals surface area contributed by atoms with Crippen LogP contribution in [0.5, 0.6) is 0 Å². The molecule has 29 heavy (non-hydrogen) atoms. The minimum absolute atomic E-state index is 0.324. The summed E-state index contributed by atoms with van der Waals surface area (Å²) in [4.78, 5) is 0.324. The molecule has 0 radical (unpaired) electrons. The molecule has 7 heteroatoms. The lowest BCUT2D eigenvalue weighted by molar-refractivity contribution is 0.601. The Morgan fingerprint density at radius 1 is 0.828 bits per heavy atom. The molecule has 0 fully saturated rings. The first-order valence-corrected chi connectivity index (χ1v) is 11.8. The Kier molecular flexibility index (Phi) is 4.62. The van der Waals surface area contributed by atoms with Gasteiger partial charge >= 0.3 is 0 Å². The van der Waals surface area contributed by atoms with Crippen LogP contribution >= 0.6 is 0 Å². The number of anilines is 1. The fraction of sp³-hybridized carbons (Fsp3) is 0.364. The maximum Gasteiger partial charge on any atom is 0.261 e. The molecule has 1 aromatic heterocycles. The molecule has 3 aromatic rings. The first-order chi connectivity index (χ1) is 14.1. The Balaban J connectivity index is 1.38. The van der Waals surface area contributed by atoms with Gasteiger partial charge in [-0.15, -0.1) is 10.2 Å². The standard InChI is InChI=1S/C22H24N4O2S/c27-29(28,20-13-10-16-5-4-6-18(16)15-20)25-19-11-8-17(9-12-19)22-24-23-21-7-2-1-3-14-26(21)22/h8-13,15,25H,1-7,14H2. The second-order valence-electron chi connectivity index (χ2n) is 7.87. The van der Waals surface area contributed by atoms with Gasteiger partial charge in [0.2, 0.25) is 0 Å². The lowest BCUT2D eigenvalue weighted by Gasteiger charge is -2.11. The van der Waals surface area contributed by atoms with E-state index in [1.165, 1.54) is 12.0 Å². The van der Waals surface area contributed by atoms with E-state index in [1.54, 1.807) is 18.2 Å². The highest BCUT2D eigenvalue weighted by molar-refractivity contribution is 7.92. The van der Waals surface area contributed by atoms with Crippen molar-refractivity contribution in [1.29, 1.82) is 0 Å². The van der Waals surface area contributed by atoms with Gasteiger partial charge in [0, 0.05) is 24.2 Å². The highest BCUT2D eigenvalue weighted by atomic mass is 32.2. The van der Waals surface area contributed by atoms with Gasteiger partial charge in [0.15, 0.2) is 5.82 Å². The minimum atomic E-state index is -3.60. The molecule has 150 valence electrons. The van der Waals surface area contributed by atoms with Crippen LogP contribution in [0.4, 0.5) is 5.69 Å². The van der Waals surface area contributed by atoms with Crippen molar-refractivity contribution in [3.05, 3.63) is 59.4 Å². The van der Waals surface area contributed by atoms with Gasteiger partial charge in [-0.25, -0.2) is 8.42 Å². The Morgan fingerprint density at radius 2 is 1.66 bits per heavy atom. The molecule has 1 aliphatic carbocycles. The van der Waals surface area contributed by atoms with Crippen LogP contribution in [0.25, 0.3) is 11.4 Å². The van der Waals surface area contributed by atoms with Crippen molar-refractivity contribution in [1.82, 2.24) is 14.8 Å². The predicted octanol–water partition coefficient (Wildman–Crippen LogP) is 3.96. The zero-order chi connectivity index (χ0) is 19.8. The molecule has 0 saturated heterocycles. The molecule has 2 aromatic carbocycles. The van der Waals surface area contributed by atoms with Crippen molar-refractivity contribution >= 4 is 15.7 Å². The number of aromatic nitrogens is 3. The van der Waals surface area contributed by atoms with Gasteiger partial charge in [0.1, 0.15) is 5.82 Å². The molecular formula is C22H24N4O2S. The largest absolute Gasteiger partial charge is 0.311 e. The van der Waals surface area contributed by atoms with Crippen molar-refractivity contribution in [2.24, 2.45) is 0 Å². The van der Waals surface area contributed by atoms with Gasteiger partial charge in [-0.2, -0.15) is 0 Å². The van der Waals surface area contributed by atoms with Crippen molar-refractivity contribution < 1.29 is 8.42 Å². The van der Waals surface area contributed by atoms with Gasteiger partial charge in [-0.05, 0) is 79.6 Å². The predicted molar refractivity (Wildman–Crippen MR) is 112 cm³/mol. The van der Waals surface area contributed by atoms with Gasteiger partial charge in [0.05, 0.1) is 4.90 Å². The average Bonchev–Trinajstić information content (AvgIpc) is 3.28. The summed E-state index contributed by atoms with van der Waals surface area (Å²) in [5.41, 5.74) is 3.91. The van der Waals surface area contributed by atoms with Crippen LogP contribution in [0.2, 0.25) is 0 Å². The van der Waals surface area contributed by atoms with Crippen LogP contribution in [0.15, 0.2) is 47.4 Å². The molecule has 2 aliphatic rings. The first-order valence-electron chi connectivity index (χ1n) is 10.3. The average molecular weight is 409 g/mol. The smallest absolute Gasteiger partial charge is 0.261 e. The second kappa shape index (κ2) is 7.30. The van der Waals surface area contributed by atoms with Gasteiger partial charge < -0.3 is 4.57 Å². The molecule has 0 amide bonds. The van der Waals surface area contributed by atoms with Crippen molar-refractivity contribution in [2.75, 3.05) is 4.72 Å². The third kappa shape index (κ3) is 3.55. The Morgan fingerprint density at radius 3 is 2.52 bits per heavy atom. The van der Waals surface area contributed by atoms with Gasteiger partial charge in [-0.1, -0.05) is 12.5 Å². The van der Waals surface area contributed by atoms with Crippen molar-refractivity contribution in [3.8, 4) is 11.4 Å². The monoisotopic (exact) mass is 408 g/mol. The summed E-state index contributed by atoms with van der Waals surface area (Å²) in [5.74, 6) is 1.90. The summed E-state index contributed by atoms with van der Waals surface area (Å²) in [6, 6.07) is 12.8. The molecule has 2 heterocycles. The second-order valence-corrected chi connectivity index (χ2v) is 9.55. The van der Waals surface area contributed by atoms with E-state index in [0.717, 1.165) is 67.8 Å². The maximum absolute atomic E-state index is 12.8. The van der Waals surface area contributed by atoms with E-state index in [2.05, 4.69) is 19.5 Å².